The number of hydrogen-bond acceptors (Lipinski definition) is 6. The zero-order chi connectivity index (χ0) is 13.8. The first-order valence-electron chi connectivity index (χ1n) is 4.83. The number of aryl methyl sites for hydroxylation is 1. The number of rotatable bonds is 3. The number of hydrazone groups is 1. The molecule has 0 atom stereocenters. The number of hydrogen-bond donors (Lipinski definition) is 1. The highest BCUT2D eigenvalue weighted by molar-refractivity contribution is 7.90. The highest BCUT2D eigenvalue weighted by atomic mass is 32.2. The van der Waals surface area contributed by atoms with Gasteiger partial charge in [-0.1, -0.05) is 6.07 Å². The van der Waals surface area contributed by atoms with Crippen LogP contribution in [0.1, 0.15) is 5.56 Å². The van der Waals surface area contributed by atoms with E-state index >= 15 is 0 Å². The summed E-state index contributed by atoms with van der Waals surface area (Å²) in [5, 5.41) is 20.5. The van der Waals surface area contributed by atoms with Crippen LogP contribution in [0.2, 0.25) is 0 Å². The Kier molecular flexibility index (Phi) is 4.03. The molecule has 7 heteroatoms. The Morgan fingerprint density at radius 3 is 2.44 bits per heavy atom. The first-order valence-corrected chi connectivity index (χ1v) is 6.72. The van der Waals surface area contributed by atoms with Gasteiger partial charge in [0.2, 0.25) is 5.71 Å². The summed E-state index contributed by atoms with van der Waals surface area (Å²) < 4.78 is 23.1. The van der Waals surface area contributed by atoms with Gasteiger partial charge in [-0.15, -0.1) is 0 Å². The minimum absolute atomic E-state index is 0.0708. The third kappa shape index (κ3) is 3.30. The van der Waals surface area contributed by atoms with Gasteiger partial charge in [-0.25, -0.2) is 8.42 Å². The standard InChI is InChI=1S/C11H10N4O2S/c1-8-3-4-10(11(5-8)18(2,16)17)15-14-9(6-12)7-13/h3-5,15H,1-2H3. The van der Waals surface area contributed by atoms with Crippen LogP contribution in [0.5, 0.6) is 0 Å². The van der Waals surface area contributed by atoms with Gasteiger partial charge in [-0.05, 0) is 24.6 Å². The zero-order valence-electron chi connectivity index (χ0n) is 9.80. The van der Waals surface area contributed by atoms with Crippen molar-refractivity contribution in [3.63, 3.8) is 0 Å². The molecule has 0 aliphatic carbocycles. The maximum absolute atomic E-state index is 11.6. The molecule has 0 aliphatic heterocycles. The van der Waals surface area contributed by atoms with Crippen LogP contribution in [0.4, 0.5) is 5.69 Å². The molecule has 1 N–H and O–H groups in total. The molecule has 0 saturated heterocycles. The van der Waals surface area contributed by atoms with E-state index in [1.165, 1.54) is 12.1 Å². The molecule has 6 nitrogen and oxygen atoms in total. The maximum atomic E-state index is 11.6. The normalized spacial score (nSPS) is 10.0. The second-order valence-electron chi connectivity index (χ2n) is 3.57. The van der Waals surface area contributed by atoms with E-state index in [-0.39, 0.29) is 16.3 Å². The van der Waals surface area contributed by atoms with Crippen LogP contribution in [0.25, 0.3) is 0 Å². The number of nitriles is 2. The zero-order valence-corrected chi connectivity index (χ0v) is 10.6. The molecule has 92 valence electrons. The number of anilines is 1. The molecule has 0 amide bonds. The second kappa shape index (κ2) is 5.30. The fourth-order valence-electron chi connectivity index (χ4n) is 1.22. The topological polar surface area (TPSA) is 106 Å². The molecule has 1 aromatic rings. The third-order valence-electron chi connectivity index (χ3n) is 2.04. The van der Waals surface area contributed by atoms with Crippen molar-refractivity contribution >= 4 is 21.2 Å². The van der Waals surface area contributed by atoms with Crippen molar-refractivity contribution in [1.82, 2.24) is 0 Å². The minimum atomic E-state index is -3.41. The van der Waals surface area contributed by atoms with Crippen molar-refractivity contribution < 1.29 is 8.42 Å². The molecule has 0 radical (unpaired) electrons. The van der Waals surface area contributed by atoms with Crippen LogP contribution in [-0.2, 0) is 9.84 Å². The van der Waals surface area contributed by atoms with Gasteiger partial charge in [0.15, 0.2) is 9.84 Å². The Balaban J connectivity index is 3.24. The molecule has 0 spiro atoms. The summed E-state index contributed by atoms with van der Waals surface area (Å²) in [7, 11) is -3.41. The van der Waals surface area contributed by atoms with E-state index in [0.717, 1.165) is 11.8 Å². The number of benzene rings is 1. The highest BCUT2D eigenvalue weighted by Gasteiger charge is 2.13. The SMILES string of the molecule is Cc1ccc(NN=C(C#N)C#N)c(S(C)(=O)=O)c1. The Bertz CT molecular complexity index is 662. The summed E-state index contributed by atoms with van der Waals surface area (Å²) in [5.41, 5.74) is 3.04. The first-order chi connectivity index (χ1) is 8.38. The number of nitrogens with zero attached hydrogens (tertiary/aromatic N) is 3. The van der Waals surface area contributed by atoms with E-state index < -0.39 is 9.84 Å². The molecule has 1 aromatic carbocycles. The van der Waals surface area contributed by atoms with Gasteiger partial charge in [-0.2, -0.15) is 15.6 Å². The largest absolute Gasteiger partial charge is 0.275 e. The van der Waals surface area contributed by atoms with Gasteiger partial charge < -0.3 is 0 Å². The Morgan fingerprint density at radius 2 is 1.94 bits per heavy atom. The summed E-state index contributed by atoms with van der Waals surface area (Å²) in [4.78, 5) is 0.0708. The second-order valence-corrected chi connectivity index (χ2v) is 5.55. The lowest BCUT2D eigenvalue weighted by molar-refractivity contribution is 0.602. The first kappa shape index (κ1) is 13.7. The van der Waals surface area contributed by atoms with E-state index in [1.54, 1.807) is 25.1 Å². The molecule has 0 aliphatic rings. The Hall–Kier alpha value is -2.38. The quantitative estimate of drug-likeness (QED) is 0.651. The lowest BCUT2D eigenvalue weighted by Gasteiger charge is -2.07. The monoisotopic (exact) mass is 262 g/mol. The van der Waals surface area contributed by atoms with Crippen molar-refractivity contribution in [3.8, 4) is 12.1 Å². The fraction of sp³-hybridized carbons (Fsp3) is 0.182. The van der Waals surface area contributed by atoms with Gasteiger partial charge in [0.25, 0.3) is 0 Å². The van der Waals surface area contributed by atoms with Crippen LogP contribution < -0.4 is 5.43 Å². The molecule has 0 unspecified atom stereocenters. The molecule has 0 bridgehead atoms. The van der Waals surface area contributed by atoms with Crippen LogP contribution in [0.3, 0.4) is 0 Å². The Labute approximate surface area is 105 Å². The van der Waals surface area contributed by atoms with Crippen molar-refractivity contribution in [2.75, 3.05) is 11.7 Å². The summed E-state index contributed by atoms with van der Waals surface area (Å²) in [6.45, 7) is 1.76. The predicted octanol–water partition coefficient (Wildman–Crippen LogP) is 1.21. The summed E-state index contributed by atoms with van der Waals surface area (Å²) in [6.07, 6.45) is 1.08. The van der Waals surface area contributed by atoms with E-state index in [9.17, 15) is 8.42 Å². The predicted molar refractivity (Wildman–Crippen MR) is 66.6 cm³/mol. The molecule has 0 fully saturated rings. The highest BCUT2D eigenvalue weighted by Crippen LogP contribution is 2.22. The van der Waals surface area contributed by atoms with Crippen molar-refractivity contribution in [3.05, 3.63) is 23.8 Å². The lowest BCUT2D eigenvalue weighted by atomic mass is 10.2. The lowest BCUT2D eigenvalue weighted by Crippen LogP contribution is -2.04. The molecular formula is C11H10N4O2S. The van der Waals surface area contributed by atoms with Crippen molar-refractivity contribution in [2.24, 2.45) is 5.10 Å². The van der Waals surface area contributed by atoms with Crippen LogP contribution >= 0.6 is 0 Å². The van der Waals surface area contributed by atoms with Gasteiger partial charge in [0, 0.05) is 6.26 Å². The van der Waals surface area contributed by atoms with Gasteiger partial charge in [0.05, 0.1) is 10.6 Å². The van der Waals surface area contributed by atoms with Gasteiger partial charge in [-0.3, -0.25) is 5.43 Å². The maximum Gasteiger partial charge on any atom is 0.237 e. The van der Waals surface area contributed by atoms with Gasteiger partial charge in [0.1, 0.15) is 12.1 Å². The van der Waals surface area contributed by atoms with E-state index in [1.807, 2.05) is 0 Å². The van der Waals surface area contributed by atoms with Crippen LogP contribution in [0, 0.1) is 29.6 Å². The van der Waals surface area contributed by atoms with E-state index in [0.29, 0.717) is 0 Å². The van der Waals surface area contributed by atoms with Crippen molar-refractivity contribution in [2.45, 2.75) is 11.8 Å². The summed E-state index contributed by atoms with van der Waals surface area (Å²) >= 11 is 0. The summed E-state index contributed by atoms with van der Waals surface area (Å²) in [6, 6.07) is 7.86. The van der Waals surface area contributed by atoms with Crippen LogP contribution in [-0.4, -0.2) is 20.4 Å². The molecular weight excluding hydrogens is 252 g/mol. The summed E-state index contributed by atoms with van der Waals surface area (Å²) in [5.74, 6) is 0. The minimum Gasteiger partial charge on any atom is -0.275 e. The average Bonchev–Trinajstić information content (AvgIpc) is 2.30. The van der Waals surface area contributed by atoms with E-state index in [4.69, 9.17) is 10.5 Å². The smallest absolute Gasteiger partial charge is 0.237 e. The van der Waals surface area contributed by atoms with Gasteiger partial charge >= 0.3 is 0 Å². The molecule has 0 aromatic heterocycles. The molecule has 0 saturated carbocycles. The number of sulfone groups is 1. The molecule has 0 heterocycles. The van der Waals surface area contributed by atoms with Crippen LogP contribution in [0.15, 0.2) is 28.2 Å². The van der Waals surface area contributed by atoms with Crippen molar-refractivity contribution in [1.29, 1.82) is 10.5 Å². The number of nitrogens with one attached hydrogen (secondary N) is 1. The fourth-order valence-corrected chi connectivity index (χ4v) is 2.13. The average molecular weight is 262 g/mol. The third-order valence-corrected chi connectivity index (χ3v) is 3.17. The van der Waals surface area contributed by atoms with E-state index in [2.05, 4.69) is 10.5 Å². The molecule has 1 rings (SSSR count). The molecule has 18 heavy (non-hydrogen) atoms. The Morgan fingerprint density at radius 1 is 1.33 bits per heavy atom.